The minimum atomic E-state index is 0.759. The van der Waals surface area contributed by atoms with Crippen molar-refractivity contribution in [1.29, 1.82) is 0 Å². The largest absolute Gasteiger partial charge is 0.238 e. The smallest absolute Gasteiger partial charge is 0.153 e. The maximum Gasteiger partial charge on any atom is 0.153 e. The molecule has 0 unspecified atom stereocenters. The Balaban J connectivity index is 2.47. The molecule has 13 heavy (non-hydrogen) atoms. The summed E-state index contributed by atoms with van der Waals surface area (Å²) >= 11 is 7.32. The van der Waals surface area contributed by atoms with Gasteiger partial charge in [-0.25, -0.2) is 4.98 Å². The summed E-state index contributed by atoms with van der Waals surface area (Å²) < 4.78 is 0. The van der Waals surface area contributed by atoms with Crippen LogP contribution in [0.2, 0.25) is 5.02 Å². The van der Waals surface area contributed by atoms with Crippen LogP contribution in [0.5, 0.6) is 0 Å². The maximum atomic E-state index is 5.79. The molecule has 0 fully saturated rings. The van der Waals surface area contributed by atoms with Crippen LogP contribution in [-0.2, 0) is 0 Å². The van der Waals surface area contributed by atoms with E-state index in [9.17, 15) is 0 Å². The molecule has 0 amide bonds. The predicted octanol–water partition coefficient (Wildman–Crippen LogP) is 3.57. The zero-order chi connectivity index (χ0) is 9.26. The zero-order valence-corrected chi connectivity index (χ0v) is 8.62. The van der Waals surface area contributed by atoms with E-state index in [4.69, 9.17) is 11.6 Å². The summed E-state index contributed by atoms with van der Waals surface area (Å²) in [5.41, 5.74) is 5.04. The molecule has 0 saturated carbocycles. The van der Waals surface area contributed by atoms with Gasteiger partial charge in [-0.05, 0) is 24.6 Å². The second kappa shape index (κ2) is 3.48. The second-order valence-electron chi connectivity index (χ2n) is 2.73. The molecule has 0 aliphatic carbocycles. The fraction of sp³-hybridized carbons (Fsp3) is 0.100. The first-order valence-corrected chi connectivity index (χ1v) is 5.06. The quantitative estimate of drug-likeness (QED) is 0.698. The molecular weight excluding hydrogens is 202 g/mol. The number of nitrogens with zero attached hydrogens (tertiary/aromatic N) is 1. The molecule has 0 aliphatic heterocycles. The lowest BCUT2D eigenvalue weighted by molar-refractivity contribution is 1.26. The van der Waals surface area contributed by atoms with E-state index >= 15 is 0 Å². The Hall–Kier alpha value is -0.860. The number of benzene rings is 1. The molecule has 0 aliphatic rings. The molecule has 65 valence electrons. The van der Waals surface area contributed by atoms with Crippen LogP contribution in [0.25, 0.3) is 10.4 Å². The van der Waals surface area contributed by atoms with E-state index in [0.29, 0.717) is 0 Å². The van der Waals surface area contributed by atoms with Crippen LogP contribution < -0.4 is 0 Å². The molecule has 2 rings (SSSR count). The van der Waals surface area contributed by atoms with Crippen molar-refractivity contribution in [2.45, 2.75) is 6.92 Å². The number of aryl methyl sites for hydroxylation is 1. The van der Waals surface area contributed by atoms with Crippen LogP contribution in [0.4, 0.5) is 0 Å². The number of rotatable bonds is 1. The standard InChI is InChI=1S/C10H7ClNS/c1-7-10(13-6-12-7)8-2-4-9(11)5-3-8/h2-5H,1H3. The van der Waals surface area contributed by atoms with Gasteiger partial charge in [-0.15, -0.1) is 11.3 Å². The van der Waals surface area contributed by atoms with Crippen LogP contribution in [-0.4, -0.2) is 4.98 Å². The summed E-state index contributed by atoms with van der Waals surface area (Å²) in [6.07, 6.45) is 0. The van der Waals surface area contributed by atoms with E-state index in [-0.39, 0.29) is 0 Å². The first-order valence-electron chi connectivity index (χ1n) is 3.87. The molecule has 0 atom stereocenters. The molecule has 1 aromatic heterocycles. The normalized spacial score (nSPS) is 10.3. The lowest BCUT2D eigenvalue weighted by Crippen LogP contribution is -1.76. The third-order valence-corrected chi connectivity index (χ3v) is 2.97. The summed E-state index contributed by atoms with van der Waals surface area (Å²) in [6.45, 7) is 1.98. The van der Waals surface area contributed by atoms with Crippen molar-refractivity contribution >= 4 is 22.9 Å². The van der Waals surface area contributed by atoms with E-state index in [0.717, 1.165) is 21.2 Å². The third kappa shape index (κ3) is 1.74. The van der Waals surface area contributed by atoms with Crippen molar-refractivity contribution in [1.82, 2.24) is 4.98 Å². The monoisotopic (exact) mass is 208 g/mol. The highest BCUT2D eigenvalue weighted by Crippen LogP contribution is 2.27. The molecule has 1 heterocycles. The van der Waals surface area contributed by atoms with Crippen LogP contribution in [0.15, 0.2) is 24.3 Å². The molecule has 1 radical (unpaired) electrons. The predicted molar refractivity (Wildman–Crippen MR) is 56.1 cm³/mol. The van der Waals surface area contributed by atoms with Crippen molar-refractivity contribution in [2.75, 3.05) is 0 Å². The minimum absolute atomic E-state index is 0.759. The van der Waals surface area contributed by atoms with Gasteiger partial charge < -0.3 is 0 Å². The van der Waals surface area contributed by atoms with Gasteiger partial charge in [0.2, 0.25) is 0 Å². The zero-order valence-electron chi connectivity index (χ0n) is 7.04. The third-order valence-electron chi connectivity index (χ3n) is 1.80. The highest BCUT2D eigenvalue weighted by molar-refractivity contribution is 7.12. The van der Waals surface area contributed by atoms with Crippen LogP contribution in [0, 0.1) is 12.4 Å². The molecule has 0 bridgehead atoms. The SMILES string of the molecule is Cc1n[c]sc1-c1ccc(Cl)cc1. The van der Waals surface area contributed by atoms with Gasteiger partial charge in [-0.1, -0.05) is 23.7 Å². The fourth-order valence-corrected chi connectivity index (χ4v) is 1.98. The van der Waals surface area contributed by atoms with Crippen LogP contribution >= 0.6 is 22.9 Å². The van der Waals surface area contributed by atoms with E-state index in [1.54, 1.807) is 0 Å². The molecular formula is C10H7ClNS. The average Bonchev–Trinajstić information content (AvgIpc) is 2.53. The molecule has 0 spiro atoms. The summed E-state index contributed by atoms with van der Waals surface area (Å²) in [5, 5.41) is 0.759. The number of hydrogen-bond donors (Lipinski definition) is 0. The molecule has 0 saturated heterocycles. The highest BCUT2D eigenvalue weighted by Gasteiger charge is 2.03. The van der Waals surface area contributed by atoms with Gasteiger partial charge in [0, 0.05) is 5.02 Å². The summed E-state index contributed by atoms with van der Waals surface area (Å²) in [7, 11) is 0. The maximum absolute atomic E-state index is 5.79. The number of hydrogen-bond acceptors (Lipinski definition) is 2. The Morgan fingerprint density at radius 1 is 1.31 bits per heavy atom. The van der Waals surface area contributed by atoms with Crippen molar-refractivity contribution in [3.63, 3.8) is 0 Å². The summed E-state index contributed by atoms with van der Waals surface area (Å²) in [6, 6.07) is 7.76. The van der Waals surface area contributed by atoms with Gasteiger partial charge in [0.1, 0.15) is 0 Å². The van der Waals surface area contributed by atoms with Crippen LogP contribution in [0.1, 0.15) is 5.69 Å². The van der Waals surface area contributed by atoms with E-state index in [2.05, 4.69) is 10.5 Å². The number of aromatic nitrogens is 1. The molecule has 1 nitrogen and oxygen atoms in total. The lowest BCUT2D eigenvalue weighted by Gasteiger charge is -1.97. The Bertz CT molecular complexity index is 405. The first kappa shape index (κ1) is 8.73. The van der Waals surface area contributed by atoms with E-state index in [1.807, 2.05) is 31.2 Å². The van der Waals surface area contributed by atoms with E-state index in [1.165, 1.54) is 11.3 Å². The molecule has 1 aromatic carbocycles. The van der Waals surface area contributed by atoms with Crippen molar-refractivity contribution < 1.29 is 0 Å². The minimum Gasteiger partial charge on any atom is -0.238 e. The topological polar surface area (TPSA) is 12.9 Å². The van der Waals surface area contributed by atoms with Gasteiger partial charge in [0.05, 0.1) is 10.6 Å². The Morgan fingerprint density at radius 2 is 2.00 bits per heavy atom. The number of thiazole rings is 1. The van der Waals surface area contributed by atoms with Gasteiger partial charge in [-0.3, -0.25) is 0 Å². The van der Waals surface area contributed by atoms with Crippen molar-refractivity contribution in [3.8, 4) is 10.4 Å². The Labute approximate surface area is 86.0 Å². The lowest BCUT2D eigenvalue weighted by atomic mass is 10.2. The van der Waals surface area contributed by atoms with E-state index < -0.39 is 0 Å². The summed E-state index contributed by atoms with van der Waals surface area (Å²) in [5.74, 6) is 0. The van der Waals surface area contributed by atoms with Crippen molar-refractivity contribution in [3.05, 3.63) is 40.5 Å². The molecule has 0 N–H and O–H groups in total. The number of halogens is 1. The van der Waals surface area contributed by atoms with Gasteiger partial charge in [0.15, 0.2) is 5.51 Å². The van der Waals surface area contributed by atoms with Crippen molar-refractivity contribution in [2.24, 2.45) is 0 Å². The first-order chi connectivity index (χ1) is 6.27. The average molecular weight is 209 g/mol. The second-order valence-corrected chi connectivity index (χ2v) is 3.96. The summed E-state index contributed by atoms with van der Waals surface area (Å²) in [4.78, 5) is 5.24. The molecule has 2 aromatic rings. The Morgan fingerprint density at radius 3 is 2.54 bits per heavy atom. The van der Waals surface area contributed by atoms with Gasteiger partial charge in [-0.2, -0.15) is 0 Å². The van der Waals surface area contributed by atoms with Gasteiger partial charge in [0.25, 0.3) is 0 Å². The van der Waals surface area contributed by atoms with Crippen LogP contribution in [0.3, 0.4) is 0 Å². The molecule has 3 heteroatoms. The fourth-order valence-electron chi connectivity index (χ4n) is 1.13. The highest BCUT2D eigenvalue weighted by atomic mass is 35.5. The van der Waals surface area contributed by atoms with Gasteiger partial charge >= 0.3 is 0 Å². The Kier molecular flexibility index (Phi) is 2.34.